The van der Waals surface area contributed by atoms with E-state index in [9.17, 15) is 9.59 Å². The molecule has 10 heteroatoms. The Morgan fingerprint density at radius 2 is 1.94 bits per heavy atom. The molecule has 9 nitrogen and oxygen atoms in total. The van der Waals surface area contributed by atoms with Crippen LogP contribution in [0.15, 0.2) is 24.3 Å². The van der Waals surface area contributed by atoms with E-state index >= 15 is 0 Å². The Bertz CT molecular complexity index is 1000. The van der Waals surface area contributed by atoms with Gasteiger partial charge in [-0.15, -0.1) is 0 Å². The smallest absolute Gasteiger partial charge is 0.272 e. The number of hydrogen-bond acceptors (Lipinski definition) is 6. The first-order chi connectivity index (χ1) is 14.9. The Balaban J connectivity index is 1.77. The number of aryl methyl sites for hydroxylation is 2. The zero-order valence-electron chi connectivity index (χ0n) is 17.9. The Morgan fingerprint density at radius 1 is 1.19 bits per heavy atom. The van der Waals surface area contributed by atoms with Gasteiger partial charge in [-0.05, 0) is 37.6 Å². The Labute approximate surface area is 185 Å². The summed E-state index contributed by atoms with van der Waals surface area (Å²) in [4.78, 5) is 25.9. The maximum atomic E-state index is 13.1. The van der Waals surface area contributed by atoms with Gasteiger partial charge in [-0.3, -0.25) is 14.3 Å². The molecule has 1 aliphatic rings. The third-order valence-corrected chi connectivity index (χ3v) is 5.30. The van der Waals surface area contributed by atoms with Crippen molar-refractivity contribution in [3.63, 3.8) is 0 Å². The molecule has 1 aromatic heterocycles. The number of methoxy groups -OCH3 is 2. The van der Waals surface area contributed by atoms with Crippen molar-refractivity contribution in [3.8, 4) is 11.5 Å². The van der Waals surface area contributed by atoms with E-state index in [1.807, 2.05) is 6.92 Å². The molecule has 2 heterocycles. The molecule has 1 fully saturated rings. The highest BCUT2D eigenvalue weighted by molar-refractivity contribution is 6.31. The lowest BCUT2D eigenvalue weighted by atomic mass is 10.2. The highest BCUT2D eigenvalue weighted by atomic mass is 35.5. The number of halogens is 1. The van der Waals surface area contributed by atoms with Crippen molar-refractivity contribution >= 4 is 29.5 Å². The maximum absolute atomic E-state index is 13.1. The van der Waals surface area contributed by atoms with Crippen molar-refractivity contribution in [1.82, 2.24) is 19.8 Å². The Morgan fingerprint density at radius 3 is 2.58 bits per heavy atom. The molecule has 0 saturated carbocycles. The minimum absolute atomic E-state index is 0.0603. The monoisotopic (exact) mass is 448 g/mol. The van der Waals surface area contributed by atoms with E-state index in [0.29, 0.717) is 53.0 Å². The van der Waals surface area contributed by atoms with Crippen LogP contribution >= 0.6 is 11.6 Å². The lowest BCUT2D eigenvalue weighted by molar-refractivity contribution is -0.134. The SMILES string of the molecule is COCOc1ccc(C(=O)N2CCCN2C(=O)C=Cc2c(C)nn(C)c2Cl)cc1OC. The van der Waals surface area contributed by atoms with Crippen LogP contribution in [0, 0.1) is 6.92 Å². The second kappa shape index (κ2) is 9.84. The highest BCUT2D eigenvalue weighted by Crippen LogP contribution is 2.29. The zero-order valence-corrected chi connectivity index (χ0v) is 18.7. The second-order valence-corrected chi connectivity index (χ2v) is 7.26. The molecule has 0 spiro atoms. The van der Waals surface area contributed by atoms with Crippen LogP contribution in [0.2, 0.25) is 5.15 Å². The van der Waals surface area contributed by atoms with Crippen molar-refractivity contribution < 1.29 is 23.8 Å². The number of carbonyl (C=O) groups is 2. The summed E-state index contributed by atoms with van der Waals surface area (Å²) in [6, 6.07) is 4.86. The number of aromatic nitrogens is 2. The van der Waals surface area contributed by atoms with Crippen molar-refractivity contribution in [3.05, 3.63) is 46.2 Å². The molecule has 3 rings (SSSR count). The summed E-state index contributed by atoms with van der Waals surface area (Å²) in [5, 5.41) is 7.54. The number of nitrogens with zero attached hydrogens (tertiary/aromatic N) is 4. The first kappa shape index (κ1) is 22.6. The summed E-state index contributed by atoms with van der Waals surface area (Å²) in [5.74, 6) is 0.257. The summed E-state index contributed by atoms with van der Waals surface area (Å²) < 4.78 is 17.2. The van der Waals surface area contributed by atoms with Gasteiger partial charge in [0.15, 0.2) is 18.3 Å². The van der Waals surface area contributed by atoms with Crippen molar-refractivity contribution in [2.75, 3.05) is 34.1 Å². The summed E-state index contributed by atoms with van der Waals surface area (Å²) in [6.45, 7) is 2.76. The van der Waals surface area contributed by atoms with Crippen molar-refractivity contribution in [1.29, 1.82) is 0 Å². The molecule has 0 radical (unpaired) electrons. The Kier molecular flexibility index (Phi) is 7.19. The van der Waals surface area contributed by atoms with Gasteiger partial charge in [0.05, 0.1) is 12.8 Å². The average molecular weight is 449 g/mol. The van der Waals surface area contributed by atoms with Gasteiger partial charge in [-0.2, -0.15) is 5.10 Å². The molecule has 1 aliphatic heterocycles. The van der Waals surface area contributed by atoms with Gasteiger partial charge in [0, 0.05) is 44.4 Å². The van der Waals surface area contributed by atoms with Gasteiger partial charge >= 0.3 is 0 Å². The zero-order chi connectivity index (χ0) is 22.5. The molecule has 31 heavy (non-hydrogen) atoms. The van der Waals surface area contributed by atoms with E-state index in [-0.39, 0.29) is 18.6 Å². The lowest BCUT2D eigenvalue weighted by Gasteiger charge is -2.27. The van der Waals surface area contributed by atoms with Crippen LogP contribution in [0.5, 0.6) is 11.5 Å². The summed E-state index contributed by atoms with van der Waals surface area (Å²) >= 11 is 6.22. The number of rotatable bonds is 7. The molecule has 1 saturated heterocycles. The number of hydrazine groups is 1. The van der Waals surface area contributed by atoms with E-state index < -0.39 is 0 Å². The van der Waals surface area contributed by atoms with Gasteiger partial charge in [-0.25, -0.2) is 10.0 Å². The maximum Gasteiger partial charge on any atom is 0.272 e. The minimum Gasteiger partial charge on any atom is -0.493 e. The number of benzene rings is 1. The first-order valence-corrected chi connectivity index (χ1v) is 10.1. The van der Waals surface area contributed by atoms with Crippen molar-refractivity contribution in [2.45, 2.75) is 13.3 Å². The molecular weight excluding hydrogens is 424 g/mol. The van der Waals surface area contributed by atoms with Gasteiger partial charge in [0.2, 0.25) is 0 Å². The number of carbonyl (C=O) groups excluding carboxylic acids is 2. The summed E-state index contributed by atoms with van der Waals surface area (Å²) in [5.41, 5.74) is 1.77. The topological polar surface area (TPSA) is 86.1 Å². The Hall–Kier alpha value is -3.04. The quantitative estimate of drug-likeness (QED) is 0.478. The van der Waals surface area contributed by atoms with Crippen LogP contribution in [0.3, 0.4) is 0 Å². The fraction of sp³-hybridized carbons (Fsp3) is 0.381. The molecule has 0 aliphatic carbocycles. The van der Waals surface area contributed by atoms with Gasteiger partial charge in [0.25, 0.3) is 11.8 Å². The van der Waals surface area contributed by atoms with E-state index in [0.717, 1.165) is 0 Å². The minimum atomic E-state index is -0.308. The van der Waals surface area contributed by atoms with Crippen LogP contribution in [-0.2, 0) is 16.6 Å². The third-order valence-electron chi connectivity index (χ3n) is 4.85. The third kappa shape index (κ3) is 4.83. The molecule has 0 bridgehead atoms. The van der Waals surface area contributed by atoms with E-state index in [4.69, 9.17) is 25.8 Å². The van der Waals surface area contributed by atoms with Crippen LogP contribution in [-0.4, -0.2) is 65.7 Å². The van der Waals surface area contributed by atoms with Gasteiger partial charge in [0.1, 0.15) is 5.15 Å². The molecule has 2 amide bonds. The molecule has 0 N–H and O–H groups in total. The number of amides is 2. The fourth-order valence-corrected chi connectivity index (χ4v) is 3.56. The van der Waals surface area contributed by atoms with Gasteiger partial charge in [-0.1, -0.05) is 11.6 Å². The number of hydrogen-bond donors (Lipinski definition) is 0. The number of ether oxygens (including phenoxy) is 3. The predicted molar refractivity (Wildman–Crippen MR) is 115 cm³/mol. The molecule has 0 unspecified atom stereocenters. The standard InChI is InChI=1S/C21H25ClN4O5/c1-14-16(20(22)24(2)23-14)7-9-19(27)25-10-5-11-26(25)21(28)15-6-8-17(31-13-29-3)18(12-15)30-4/h6-9,12H,5,10-11,13H2,1-4H3. The van der Waals surface area contributed by atoms with Crippen LogP contribution in [0.25, 0.3) is 6.08 Å². The van der Waals surface area contributed by atoms with Crippen LogP contribution in [0.4, 0.5) is 0 Å². The molecule has 2 aromatic rings. The summed E-state index contributed by atoms with van der Waals surface area (Å²) in [6.07, 6.45) is 3.72. The average Bonchev–Trinajstić information content (AvgIpc) is 3.35. The summed E-state index contributed by atoms with van der Waals surface area (Å²) in [7, 11) is 4.74. The molecule has 0 atom stereocenters. The lowest BCUT2D eigenvalue weighted by Crippen LogP contribution is -2.44. The van der Waals surface area contributed by atoms with Crippen molar-refractivity contribution in [2.24, 2.45) is 7.05 Å². The second-order valence-electron chi connectivity index (χ2n) is 6.91. The van der Waals surface area contributed by atoms with Gasteiger partial charge < -0.3 is 14.2 Å². The fourth-order valence-electron chi connectivity index (χ4n) is 3.32. The first-order valence-electron chi connectivity index (χ1n) is 9.67. The molecule has 166 valence electrons. The van der Waals surface area contributed by atoms with E-state index in [2.05, 4.69) is 5.10 Å². The van der Waals surface area contributed by atoms with Crippen LogP contribution in [0.1, 0.15) is 28.0 Å². The molecular formula is C21H25ClN4O5. The highest BCUT2D eigenvalue weighted by Gasteiger charge is 2.30. The normalized spacial score (nSPS) is 13.8. The van der Waals surface area contributed by atoms with E-state index in [1.165, 1.54) is 30.3 Å². The largest absolute Gasteiger partial charge is 0.493 e. The van der Waals surface area contributed by atoms with Crippen LogP contribution < -0.4 is 9.47 Å². The van der Waals surface area contributed by atoms with E-state index in [1.54, 1.807) is 36.0 Å². The predicted octanol–water partition coefficient (Wildman–Crippen LogP) is 2.68. The molecule has 1 aromatic carbocycles.